The molecule has 1 heterocycles. The SMILES string of the molecule is Cc1ccc(-c2ccc3c(c2)-c2ccccc2C(C)(C)C3(C)C)nc1. The normalized spacial score (nSPS) is 16.8. The van der Waals surface area contributed by atoms with E-state index >= 15 is 0 Å². The minimum absolute atomic E-state index is 0.0654. The summed E-state index contributed by atoms with van der Waals surface area (Å²) in [6.45, 7) is 11.5. The fraction of sp³-hybridized carbons (Fsp3) is 0.292. The number of nitrogens with zero attached hydrogens (tertiary/aromatic N) is 1. The van der Waals surface area contributed by atoms with Crippen molar-refractivity contribution in [2.45, 2.75) is 45.4 Å². The number of hydrogen-bond acceptors (Lipinski definition) is 1. The first-order chi connectivity index (χ1) is 11.8. The fourth-order valence-electron chi connectivity index (χ4n) is 4.05. The summed E-state index contributed by atoms with van der Waals surface area (Å²) in [6, 6.07) is 20.0. The number of pyridine rings is 1. The van der Waals surface area contributed by atoms with Gasteiger partial charge in [0.15, 0.2) is 0 Å². The molecule has 0 bridgehead atoms. The molecule has 2 aromatic carbocycles. The lowest BCUT2D eigenvalue weighted by molar-refractivity contribution is 0.299. The first-order valence-corrected chi connectivity index (χ1v) is 9.00. The number of aromatic nitrogens is 1. The van der Waals surface area contributed by atoms with E-state index < -0.39 is 0 Å². The molecule has 0 saturated heterocycles. The molecule has 1 aliphatic carbocycles. The molecular weight excluding hydrogens is 302 g/mol. The van der Waals surface area contributed by atoms with Crippen LogP contribution in [0.2, 0.25) is 0 Å². The zero-order valence-electron chi connectivity index (χ0n) is 15.7. The standard InChI is InChI=1S/C24H25N/c1-16-10-13-22(25-15-16)17-11-12-21-19(14-17)18-8-6-7-9-20(18)23(2,3)24(21,4)5/h6-15H,1-5H3. The second-order valence-electron chi connectivity index (χ2n) is 8.28. The van der Waals surface area contributed by atoms with Gasteiger partial charge in [0, 0.05) is 11.8 Å². The summed E-state index contributed by atoms with van der Waals surface area (Å²) in [7, 11) is 0. The molecule has 1 aliphatic rings. The Kier molecular flexibility index (Phi) is 3.40. The van der Waals surface area contributed by atoms with Crippen molar-refractivity contribution < 1.29 is 0 Å². The second kappa shape index (κ2) is 5.29. The maximum atomic E-state index is 4.62. The van der Waals surface area contributed by atoms with E-state index in [2.05, 4.69) is 94.2 Å². The predicted molar refractivity (Wildman–Crippen MR) is 106 cm³/mol. The van der Waals surface area contributed by atoms with Gasteiger partial charge in [0.2, 0.25) is 0 Å². The Morgan fingerprint density at radius 3 is 2.08 bits per heavy atom. The first-order valence-electron chi connectivity index (χ1n) is 9.00. The van der Waals surface area contributed by atoms with Gasteiger partial charge in [0.05, 0.1) is 5.69 Å². The summed E-state index contributed by atoms with van der Waals surface area (Å²) >= 11 is 0. The summed E-state index contributed by atoms with van der Waals surface area (Å²) in [5, 5.41) is 0. The average molecular weight is 327 g/mol. The molecule has 3 aromatic rings. The van der Waals surface area contributed by atoms with Crippen LogP contribution in [0.25, 0.3) is 22.4 Å². The Labute approximate surface area is 150 Å². The second-order valence-corrected chi connectivity index (χ2v) is 8.28. The van der Waals surface area contributed by atoms with Crippen molar-refractivity contribution in [2.75, 3.05) is 0 Å². The summed E-state index contributed by atoms with van der Waals surface area (Å²) in [5.74, 6) is 0. The van der Waals surface area contributed by atoms with Gasteiger partial charge >= 0.3 is 0 Å². The molecule has 1 heteroatoms. The van der Waals surface area contributed by atoms with Gasteiger partial charge in [-0.05, 0) is 57.7 Å². The quantitative estimate of drug-likeness (QED) is 0.511. The molecule has 0 radical (unpaired) electrons. The minimum atomic E-state index is 0.0654. The molecule has 1 aromatic heterocycles. The van der Waals surface area contributed by atoms with Crippen molar-refractivity contribution in [2.24, 2.45) is 0 Å². The molecular formula is C24H25N. The van der Waals surface area contributed by atoms with Gasteiger partial charge in [-0.25, -0.2) is 0 Å². The predicted octanol–water partition coefficient (Wildman–Crippen LogP) is 6.29. The lowest BCUT2D eigenvalue weighted by Gasteiger charge is -2.48. The van der Waals surface area contributed by atoms with E-state index in [4.69, 9.17) is 0 Å². The van der Waals surface area contributed by atoms with Crippen LogP contribution in [0.1, 0.15) is 44.4 Å². The molecule has 126 valence electrons. The van der Waals surface area contributed by atoms with E-state index in [1.807, 2.05) is 6.20 Å². The molecule has 0 aliphatic heterocycles. The molecule has 0 saturated carbocycles. The topological polar surface area (TPSA) is 12.9 Å². The van der Waals surface area contributed by atoms with Gasteiger partial charge in [0.1, 0.15) is 0 Å². The maximum absolute atomic E-state index is 4.62. The van der Waals surface area contributed by atoms with Gasteiger partial charge in [-0.15, -0.1) is 0 Å². The molecule has 0 spiro atoms. The van der Waals surface area contributed by atoms with Gasteiger partial charge in [-0.2, -0.15) is 0 Å². The van der Waals surface area contributed by atoms with Crippen molar-refractivity contribution in [1.82, 2.24) is 4.98 Å². The Hall–Kier alpha value is -2.41. The number of aryl methyl sites for hydroxylation is 1. The highest BCUT2D eigenvalue weighted by Crippen LogP contribution is 2.54. The van der Waals surface area contributed by atoms with Crippen LogP contribution < -0.4 is 0 Å². The van der Waals surface area contributed by atoms with Crippen LogP contribution in [0.4, 0.5) is 0 Å². The Morgan fingerprint density at radius 2 is 1.40 bits per heavy atom. The highest BCUT2D eigenvalue weighted by atomic mass is 14.7. The number of benzene rings is 2. The lowest BCUT2D eigenvalue weighted by atomic mass is 9.55. The van der Waals surface area contributed by atoms with Crippen LogP contribution in [-0.2, 0) is 10.8 Å². The zero-order valence-corrected chi connectivity index (χ0v) is 15.7. The van der Waals surface area contributed by atoms with Crippen LogP contribution in [0.3, 0.4) is 0 Å². The largest absolute Gasteiger partial charge is 0.256 e. The van der Waals surface area contributed by atoms with Crippen LogP contribution in [0.15, 0.2) is 60.8 Å². The molecule has 1 nitrogen and oxygen atoms in total. The van der Waals surface area contributed by atoms with Crippen molar-refractivity contribution in [3.63, 3.8) is 0 Å². The average Bonchev–Trinajstić information content (AvgIpc) is 2.61. The third kappa shape index (κ3) is 2.26. The third-order valence-electron chi connectivity index (χ3n) is 6.35. The Bertz CT molecular complexity index is 946. The van der Waals surface area contributed by atoms with Crippen molar-refractivity contribution >= 4 is 0 Å². The molecule has 0 N–H and O–H groups in total. The highest BCUT2D eigenvalue weighted by Gasteiger charge is 2.45. The fourth-order valence-corrected chi connectivity index (χ4v) is 4.05. The lowest BCUT2D eigenvalue weighted by Crippen LogP contribution is -2.43. The highest BCUT2D eigenvalue weighted by molar-refractivity contribution is 5.81. The molecule has 0 amide bonds. The molecule has 25 heavy (non-hydrogen) atoms. The van der Waals surface area contributed by atoms with E-state index in [1.54, 1.807) is 0 Å². The molecule has 0 atom stereocenters. The van der Waals surface area contributed by atoms with Crippen molar-refractivity contribution in [3.05, 3.63) is 77.5 Å². The van der Waals surface area contributed by atoms with E-state index in [0.717, 1.165) is 5.69 Å². The summed E-state index contributed by atoms with van der Waals surface area (Å²) in [4.78, 5) is 4.62. The van der Waals surface area contributed by atoms with Crippen LogP contribution in [0, 0.1) is 6.92 Å². The van der Waals surface area contributed by atoms with Gasteiger partial charge in [-0.1, -0.05) is 70.2 Å². The van der Waals surface area contributed by atoms with E-state index in [1.165, 1.54) is 33.4 Å². The van der Waals surface area contributed by atoms with Crippen LogP contribution >= 0.6 is 0 Å². The van der Waals surface area contributed by atoms with Gasteiger partial charge in [0.25, 0.3) is 0 Å². The van der Waals surface area contributed by atoms with Crippen molar-refractivity contribution in [3.8, 4) is 22.4 Å². The summed E-state index contributed by atoms with van der Waals surface area (Å²) in [6.07, 6.45) is 1.94. The molecule has 0 unspecified atom stereocenters. The van der Waals surface area contributed by atoms with Crippen molar-refractivity contribution in [1.29, 1.82) is 0 Å². The Morgan fingerprint density at radius 1 is 0.720 bits per heavy atom. The van der Waals surface area contributed by atoms with E-state index in [0.29, 0.717) is 0 Å². The smallest absolute Gasteiger partial charge is 0.0702 e. The summed E-state index contributed by atoms with van der Waals surface area (Å²) < 4.78 is 0. The monoisotopic (exact) mass is 327 g/mol. The zero-order chi connectivity index (χ0) is 17.8. The third-order valence-corrected chi connectivity index (χ3v) is 6.35. The first kappa shape index (κ1) is 16.1. The molecule has 0 fully saturated rings. The van der Waals surface area contributed by atoms with Crippen LogP contribution in [0.5, 0.6) is 0 Å². The van der Waals surface area contributed by atoms with Gasteiger partial charge < -0.3 is 0 Å². The van der Waals surface area contributed by atoms with E-state index in [9.17, 15) is 0 Å². The minimum Gasteiger partial charge on any atom is -0.256 e. The Balaban J connectivity index is 1.97. The number of rotatable bonds is 1. The number of hydrogen-bond donors (Lipinski definition) is 0. The summed E-state index contributed by atoms with van der Waals surface area (Å²) in [5.41, 5.74) is 9.12. The van der Waals surface area contributed by atoms with Gasteiger partial charge in [-0.3, -0.25) is 4.98 Å². The number of fused-ring (bicyclic) bond motifs is 3. The van der Waals surface area contributed by atoms with Crippen LogP contribution in [-0.4, -0.2) is 4.98 Å². The maximum Gasteiger partial charge on any atom is 0.0702 e. The van der Waals surface area contributed by atoms with E-state index in [-0.39, 0.29) is 10.8 Å². The molecule has 4 rings (SSSR count).